The second-order valence-electron chi connectivity index (χ2n) is 4.99. The van der Waals surface area contributed by atoms with Crippen LogP contribution in [0.2, 0.25) is 5.02 Å². The number of sulfonamides is 1. The Balaban J connectivity index is 2.42. The van der Waals surface area contributed by atoms with Gasteiger partial charge in [0.25, 0.3) is 0 Å². The maximum atomic E-state index is 13.2. The molecule has 1 aromatic rings. The summed E-state index contributed by atoms with van der Waals surface area (Å²) in [6.07, 6.45) is -4.88. The van der Waals surface area contributed by atoms with E-state index in [0.717, 1.165) is 12.1 Å². The van der Waals surface area contributed by atoms with E-state index in [-0.39, 0.29) is 5.02 Å². The molecule has 23 heavy (non-hydrogen) atoms. The van der Waals surface area contributed by atoms with Gasteiger partial charge in [0.1, 0.15) is 10.7 Å². The smallest absolute Gasteiger partial charge is 0.393 e. The molecule has 0 radical (unpaired) electrons. The van der Waals surface area contributed by atoms with Crippen molar-refractivity contribution < 1.29 is 35.9 Å². The van der Waals surface area contributed by atoms with E-state index in [1.165, 1.54) is 0 Å². The van der Waals surface area contributed by atoms with Crippen LogP contribution in [0.1, 0.15) is 0 Å². The van der Waals surface area contributed by atoms with E-state index in [2.05, 4.69) is 0 Å². The summed E-state index contributed by atoms with van der Waals surface area (Å²) >= 11 is 5.67. The number of alkyl halides is 3. The van der Waals surface area contributed by atoms with E-state index in [1.807, 2.05) is 0 Å². The lowest BCUT2D eigenvalue weighted by Crippen LogP contribution is -2.34. The lowest BCUT2D eigenvalue weighted by Gasteiger charge is -2.18. The molecule has 2 rings (SSSR count). The topological polar surface area (TPSA) is 74.7 Å². The first-order valence-corrected chi connectivity index (χ1v) is 8.01. The van der Waals surface area contributed by atoms with Crippen LogP contribution in [0.5, 0.6) is 0 Å². The van der Waals surface area contributed by atoms with Crippen LogP contribution in [-0.2, 0) is 14.8 Å². The first kappa shape index (κ1) is 18.0. The van der Waals surface area contributed by atoms with E-state index in [9.17, 15) is 30.8 Å². The minimum Gasteiger partial charge on any atom is -0.481 e. The van der Waals surface area contributed by atoms with E-state index in [4.69, 9.17) is 16.7 Å². The van der Waals surface area contributed by atoms with Gasteiger partial charge in [0.05, 0.1) is 16.9 Å². The molecule has 1 aliphatic heterocycles. The Labute approximate surface area is 133 Å². The zero-order chi connectivity index (χ0) is 17.6. The average molecular weight is 376 g/mol. The van der Waals surface area contributed by atoms with Crippen molar-refractivity contribution in [2.45, 2.75) is 11.1 Å². The van der Waals surface area contributed by atoms with E-state index >= 15 is 0 Å². The SMILES string of the molecule is O=C(O)[C@@H]1CN(S(=O)(=O)c2cc(F)ccc2Cl)C[C@H]1C(F)(F)F. The van der Waals surface area contributed by atoms with Crippen molar-refractivity contribution in [2.24, 2.45) is 11.8 Å². The monoisotopic (exact) mass is 375 g/mol. The molecule has 0 saturated carbocycles. The number of nitrogens with zero attached hydrogens (tertiary/aromatic N) is 1. The number of benzene rings is 1. The third-order valence-electron chi connectivity index (χ3n) is 3.54. The molecule has 0 spiro atoms. The van der Waals surface area contributed by atoms with E-state index in [0.29, 0.717) is 10.4 Å². The van der Waals surface area contributed by atoms with E-state index in [1.54, 1.807) is 0 Å². The molecule has 0 aromatic heterocycles. The summed E-state index contributed by atoms with van der Waals surface area (Å²) in [5.74, 6) is -6.97. The molecule has 2 atom stereocenters. The lowest BCUT2D eigenvalue weighted by molar-refractivity contribution is -0.187. The van der Waals surface area contributed by atoms with Crippen LogP contribution in [0.3, 0.4) is 0 Å². The lowest BCUT2D eigenvalue weighted by atomic mass is 9.96. The number of carbonyl (C=O) groups is 1. The first-order chi connectivity index (χ1) is 10.4. The highest BCUT2D eigenvalue weighted by molar-refractivity contribution is 7.89. The molecule has 0 unspecified atom stereocenters. The minimum absolute atomic E-state index is 0.366. The predicted octanol–water partition coefficient (Wildman–Crippen LogP) is 2.36. The molecule has 11 heteroatoms. The van der Waals surface area contributed by atoms with E-state index < -0.39 is 57.8 Å². The molecule has 1 saturated heterocycles. The number of hydrogen-bond donors (Lipinski definition) is 1. The second-order valence-corrected chi connectivity index (χ2v) is 7.30. The van der Waals surface area contributed by atoms with Crippen molar-refractivity contribution in [1.82, 2.24) is 4.31 Å². The van der Waals surface area contributed by atoms with Gasteiger partial charge < -0.3 is 5.11 Å². The summed E-state index contributed by atoms with van der Waals surface area (Å²) in [5, 5.41) is 8.53. The van der Waals surface area contributed by atoms with Gasteiger partial charge in [-0.2, -0.15) is 17.5 Å². The van der Waals surface area contributed by atoms with Crippen molar-refractivity contribution in [1.29, 1.82) is 0 Å². The Morgan fingerprint density at radius 3 is 2.39 bits per heavy atom. The van der Waals surface area contributed by atoms with Crippen LogP contribution in [0, 0.1) is 17.7 Å². The van der Waals surface area contributed by atoms with Crippen molar-refractivity contribution in [3.63, 3.8) is 0 Å². The summed E-state index contributed by atoms with van der Waals surface area (Å²) in [7, 11) is -4.55. The largest absolute Gasteiger partial charge is 0.481 e. The third-order valence-corrected chi connectivity index (χ3v) is 5.85. The summed E-state index contributed by atoms with van der Waals surface area (Å²) in [6, 6.07) is 2.42. The van der Waals surface area contributed by atoms with Crippen molar-refractivity contribution in [3.8, 4) is 0 Å². The number of aliphatic carboxylic acids is 1. The molecule has 1 fully saturated rings. The number of rotatable bonds is 3. The van der Waals surface area contributed by atoms with Gasteiger partial charge in [-0.15, -0.1) is 0 Å². The number of carboxylic acids is 1. The first-order valence-electron chi connectivity index (χ1n) is 6.19. The van der Waals surface area contributed by atoms with Gasteiger partial charge in [-0.1, -0.05) is 11.6 Å². The van der Waals surface area contributed by atoms with Gasteiger partial charge in [-0.3, -0.25) is 4.79 Å². The highest BCUT2D eigenvalue weighted by Crippen LogP contribution is 2.40. The van der Waals surface area contributed by atoms with Gasteiger partial charge >= 0.3 is 12.1 Å². The average Bonchev–Trinajstić information content (AvgIpc) is 2.87. The fourth-order valence-corrected chi connectivity index (χ4v) is 4.34. The van der Waals surface area contributed by atoms with Gasteiger partial charge in [0.2, 0.25) is 10.0 Å². The second kappa shape index (κ2) is 5.91. The molecule has 1 N–H and O–H groups in total. The number of carboxylic acid groups (broad SMARTS) is 1. The highest BCUT2D eigenvalue weighted by Gasteiger charge is 2.55. The van der Waals surface area contributed by atoms with Crippen molar-refractivity contribution in [2.75, 3.05) is 13.1 Å². The van der Waals surface area contributed by atoms with Crippen LogP contribution in [0.25, 0.3) is 0 Å². The molecule has 0 aliphatic carbocycles. The van der Waals surface area contributed by atoms with Crippen LogP contribution in [0.4, 0.5) is 17.6 Å². The molecule has 5 nitrogen and oxygen atoms in total. The summed E-state index contributed by atoms with van der Waals surface area (Å²) in [4.78, 5) is 10.3. The Bertz CT molecular complexity index is 737. The molecule has 1 aromatic carbocycles. The Morgan fingerprint density at radius 2 is 1.91 bits per heavy atom. The summed E-state index contributed by atoms with van der Waals surface area (Å²) in [5.41, 5.74) is 0. The number of hydrogen-bond acceptors (Lipinski definition) is 3. The van der Waals surface area contributed by atoms with Crippen LogP contribution >= 0.6 is 11.6 Å². The molecule has 128 valence electrons. The molecular weight excluding hydrogens is 366 g/mol. The zero-order valence-electron chi connectivity index (χ0n) is 11.2. The van der Waals surface area contributed by atoms with Crippen molar-refractivity contribution in [3.05, 3.63) is 29.0 Å². The third kappa shape index (κ3) is 3.43. The summed E-state index contributed by atoms with van der Waals surface area (Å²) in [6.45, 7) is -1.93. The van der Waals surface area contributed by atoms with Gasteiger partial charge in [0, 0.05) is 13.1 Å². The maximum Gasteiger partial charge on any atom is 0.393 e. The summed E-state index contributed by atoms with van der Waals surface area (Å²) < 4.78 is 77.0. The highest BCUT2D eigenvalue weighted by atomic mass is 35.5. The van der Waals surface area contributed by atoms with Crippen LogP contribution in [0.15, 0.2) is 23.1 Å². The fraction of sp³-hybridized carbons (Fsp3) is 0.417. The Hall–Kier alpha value is -1.39. The molecule has 0 amide bonds. The number of halogens is 5. The molecular formula is C12H10ClF4NO4S. The maximum absolute atomic E-state index is 13.2. The Morgan fingerprint density at radius 1 is 1.30 bits per heavy atom. The van der Waals surface area contributed by atoms with Crippen molar-refractivity contribution >= 4 is 27.6 Å². The Kier molecular flexibility index (Phi) is 4.62. The zero-order valence-corrected chi connectivity index (χ0v) is 12.8. The standard InChI is InChI=1S/C12H10ClF4NO4S/c13-9-2-1-6(14)3-10(9)23(21,22)18-4-7(11(19)20)8(5-18)12(15,16)17/h1-3,7-8H,4-5H2,(H,19,20)/t7-,8-/m1/s1. The van der Waals surface area contributed by atoms with Gasteiger partial charge in [-0.25, -0.2) is 12.8 Å². The predicted molar refractivity (Wildman–Crippen MR) is 70.8 cm³/mol. The van der Waals surface area contributed by atoms with Gasteiger partial charge in [-0.05, 0) is 18.2 Å². The normalized spacial score (nSPS) is 23.2. The fourth-order valence-electron chi connectivity index (χ4n) is 2.36. The van der Waals surface area contributed by atoms with Gasteiger partial charge in [0.15, 0.2) is 0 Å². The van der Waals surface area contributed by atoms with Crippen LogP contribution in [-0.4, -0.2) is 43.1 Å². The quantitative estimate of drug-likeness (QED) is 0.823. The minimum atomic E-state index is -4.88. The molecule has 0 bridgehead atoms. The van der Waals surface area contributed by atoms with Crippen LogP contribution < -0.4 is 0 Å². The molecule has 1 heterocycles. The molecule has 1 aliphatic rings.